The summed E-state index contributed by atoms with van der Waals surface area (Å²) >= 11 is 0. The van der Waals surface area contributed by atoms with Crippen LogP contribution in [0.3, 0.4) is 0 Å². The second-order valence-corrected chi connectivity index (χ2v) is 7.17. The summed E-state index contributed by atoms with van der Waals surface area (Å²) in [5.74, 6) is 1.03. The molecule has 3 aromatic rings. The number of rotatable bonds is 5. The maximum absolute atomic E-state index is 12.8. The van der Waals surface area contributed by atoms with E-state index in [1.54, 1.807) is 36.0 Å². The Balaban J connectivity index is 1.38. The highest BCUT2D eigenvalue weighted by molar-refractivity contribution is 5.80. The standard InChI is InChI=1S/C21H25N5O2/c1-23-20(27)17-7-2-3-8-18(17)21(28)26(23)12-6-11-24-13-15-25(16-14-24)19-9-4-5-10-22-19/h2-5,7-10H,6,11-16H2,1H3. The minimum Gasteiger partial charge on any atom is -0.354 e. The molecule has 0 bridgehead atoms. The molecule has 0 unspecified atom stereocenters. The van der Waals surface area contributed by atoms with Crippen LogP contribution in [0.2, 0.25) is 0 Å². The molecule has 28 heavy (non-hydrogen) atoms. The molecule has 0 radical (unpaired) electrons. The van der Waals surface area contributed by atoms with Crippen molar-refractivity contribution in [2.75, 3.05) is 37.6 Å². The molecule has 0 spiro atoms. The molecule has 0 atom stereocenters. The Morgan fingerprint density at radius 2 is 1.54 bits per heavy atom. The van der Waals surface area contributed by atoms with Gasteiger partial charge in [-0.3, -0.25) is 19.2 Å². The van der Waals surface area contributed by atoms with Crippen LogP contribution in [0.4, 0.5) is 5.82 Å². The maximum atomic E-state index is 12.8. The molecule has 7 nitrogen and oxygen atoms in total. The largest absolute Gasteiger partial charge is 0.354 e. The third-order valence-electron chi connectivity index (χ3n) is 5.47. The number of aromatic nitrogens is 3. The molecule has 2 aromatic heterocycles. The van der Waals surface area contributed by atoms with E-state index >= 15 is 0 Å². The van der Waals surface area contributed by atoms with Gasteiger partial charge in [0.2, 0.25) is 0 Å². The molecule has 0 N–H and O–H groups in total. The highest BCUT2D eigenvalue weighted by atomic mass is 16.2. The van der Waals surface area contributed by atoms with Crippen LogP contribution in [0, 0.1) is 0 Å². The Morgan fingerprint density at radius 1 is 0.857 bits per heavy atom. The van der Waals surface area contributed by atoms with Gasteiger partial charge in [0, 0.05) is 52.5 Å². The van der Waals surface area contributed by atoms with Crippen molar-refractivity contribution in [2.45, 2.75) is 13.0 Å². The highest BCUT2D eigenvalue weighted by Gasteiger charge is 2.17. The smallest absolute Gasteiger partial charge is 0.273 e. The highest BCUT2D eigenvalue weighted by Crippen LogP contribution is 2.12. The van der Waals surface area contributed by atoms with Crippen molar-refractivity contribution < 1.29 is 0 Å². The number of pyridine rings is 1. The predicted molar refractivity (Wildman–Crippen MR) is 111 cm³/mol. The molecule has 1 saturated heterocycles. The predicted octanol–water partition coefficient (Wildman–Crippen LogP) is 1.31. The molecular weight excluding hydrogens is 354 g/mol. The average Bonchev–Trinajstić information content (AvgIpc) is 2.75. The van der Waals surface area contributed by atoms with Crippen molar-refractivity contribution in [3.63, 3.8) is 0 Å². The van der Waals surface area contributed by atoms with Gasteiger partial charge in [0.05, 0.1) is 10.8 Å². The zero-order valence-electron chi connectivity index (χ0n) is 16.1. The Labute approximate surface area is 163 Å². The Morgan fingerprint density at radius 3 is 2.21 bits per heavy atom. The average molecular weight is 379 g/mol. The van der Waals surface area contributed by atoms with Crippen molar-refractivity contribution in [2.24, 2.45) is 7.05 Å². The normalized spacial score (nSPS) is 15.2. The van der Waals surface area contributed by atoms with Crippen molar-refractivity contribution in [3.05, 3.63) is 69.4 Å². The van der Waals surface area contributed by atoms with E-state index in [-0.39, 0.29) is 11.1 Å². The van der Waals surface area contributed by atoms with E-state index in [0.717, 1.165) is 45.0 Å². The number of hydrogen-bond donors (Lipinski definition) is 0. The van der Waals surface area contributed by atoms with Crippen molar-refractivity contribution in [3.8, 4) is 0 Å². The molecule has 7 heteroatoms. The second-order valence-electron chi connectivity index (χ2n) is 7.17. The van der Waals surface area contributed by atoms with Crippen molar-refractivity contribution >= 4 is 16.6 Å². The van der Waals surface area contributed by atoms with Gasteiger partial charge >= 0.3 is 0 Å². The molecule has 0 amide bonds. The molecule has 3 heterocycles. The number of hydrogen-bond acceptors (Lipinski definition) is 5. The lowest BCUT2D eigenvalue weighted by atomic mass is 10.2. The second kappa shape index (κ2) is 7.98. The summed E-state index contributed by atoms with van der Waals surface area (Å²) in [5, 5.41) is 0.978. The number of fused-ring (bicyclic) bond motifs is 1. The Hall–Kier alpha value is -2.93. The molecule has 4 rings (SSSR count). The molecule has 1 fully saturated rings. The molecule has 146 valence electrons. The van der Waals surface area contributed by atoms with Crippen LogP contribution in [0.1, 0.15) is 6.42 Å². The van der Waals surface area contributed by atoms with Gasteiger partial charge in [0.25, 0.3) is 11.1 Å². The quantitative estimate of drug-likeness (QED) is 0.669. The zero-order valence-corrected chi connectivity index (χ0v) is 16.1. The lowest BCUT2D eigenvalue weighted by Crippen LogP contribution is -2.47. The molecule has 1 aliphatic rings. The number of nitrogens with zero attached hydrogens (tertiary/aromatic N) is 5. The fourth-order valence-corrected chi connectivity index (χ4v) is 3.85. The summed E-state index contributed by atoms with van der Waals surface area (Å²) in [6.45, 7) is 5.29. The minimum absolute atomic E-state index is 0.0994. The van der Waals surface area contributed by atoms with Crippen LogP contribution >= 0.6 is 0 Å². The first-order valence-corrected chi connectivity index (χ1v) is 9.72. The number of benzene rings is 1. The van der Waals surface area contributed by atoms with Crippen molar-refractivity contribution in [1.82, 2.24) is 19.2 Å². The van der Waals surface area contributed by atoms with Crippen LogP contribution in [0.5, 0.6) is 0 Å². The summed E-state index contributed by atoms with van der Waals surface area (Å²) in [6, 6.07) is 13.0. The van der Waals surface area contributed by atoms with E-state index in [1.165, 1.54) is 4.68 Å². The van der Waals surface area contributed by atoms with E-state index < -0.39 is 0 Å². The van der Waals surface area contributed by atoms with Crippen LogP contribution in [-0.4, -0.2) is 52.0 Å². The van der Waals surface area contributed by atoms with Gasteiger partial charge in [-0.1, -0.05) is 18.2 Å². The lowest BCUT2D eigenvalue weighted by molar-refractivity contribution is 0.245. The number of piperazine rings is 1. The van der Waals surface area contributed by atoms with Crippen LogP contribution in [-0.2, 0) is 13.6 Å². The SMILES string of the molecule is Cn1c(=O)c2ccccc2c(=O)n1CCCN1CCN(c2ccccn2)CC1. The van der Waals surface area contributed by atoms with Crippen LogP contribution in [0.15, 0.2) is 58.3 Å². The first-order valence-electron chi connectivity index (χ1n) is 9.72. The van der Waals surface area contributed by atoms with Crippen LogP contribution in [0.25, 0.3) is 10.8 Å². The monoisotopic (exact) mass is 379 g/mol. The van der Waals surface area contributed by atoms with Crippen LogP contribution < -0.4 is 16.0 Å². The van der Waals surface area contributed by atoms with E-state index in [1.807, 2.05) is 24.4 Å². The van der Waals surface area contributed by atoms with Gasteiger partial charge in [-0.05, 0) is 30.7 Å². The van der Waals surface area contributed by atoms with E-state index in [2.05, 4.69) is 14.8 Å². The fourth-order valence-electron chi connectivity index (χ4n) is 3.85. The molecular formula is C21H25N5O2. The van der Waals surface area contributed by atoms with Gasteiger partial charge in [0.1, 0.15) is 5.82 Å². The first-order chi connectivity index (χ1) is 13.6. The summed E-state index contributed by atoms with van der Waals surface area (Å²) in [7, 11) is 1.67. The Kier molecular flexibility index (Phi) is 5.25. The van der Waals surface area contributed by atoms with E-state index in [4.69, 9.17) is 0 Å². The van der Waals surface area contributed by atoms with E-state index in [0.29, 0.717) is 17.3 Å². The Bertz CT molecular complexity index is 1070. The van der Waals surface area contributed by atoms with E-state index in [9.17, 15) is 9.59 Å². The summed E-state index contributed by atoms with van der Waals surface area (Å²) in [4.78, 5) is 34.4. The van der Waals surface area contributed by atoms with Gasteiger partial charge in [-0.15, -0.1) is 0 Å². The summed E-state index contributed by atoms with van der Waals surface area (Å²) < 4.78 is 3.01. The molecule has 0 aliphatic carbocycles. The maximum Gasteiger partial charge on any atom is 0.273 e. The summed E-state index contributed by atoms with van der Waals surface area (Å²) in [5.41, 5.74) is -0.225. The van der Waals surface area contributed by atoms with Gasteiger partial charge in [0.15, 0.2) is 0 Å². The third kappa shape index (κ3) is 3.57. The third-order valence-corrected chi connectivity index (χ3v) is 5.47. The van der Waals surface area contributed by atoms with Crippen molar-refractivity contribution in [1.29, 1.82) is 0 Å². The minimum atomic E-state index is -0.126. The topological polar surface area (TPSA) is 63.4 Å². The van der Waals surface area contributed by atoms with Gasteiger partial charge < -0.3 is 4.90 Å². The first kappa shape index (κ1) is 18.4. The van der Waals surface area contributed by atoms with Gasteiger partial charge in [-0.25, -0.2) is 9.67 Å². The molecule has 1 aliphatic heterocycles. The lowest BCUT2D eigenvalue weighted by Gasteiger charge is -2.35. The molecule has 0 saturated carbocycles. The zero-order chi connectivity index (χ0) is 19.5. The number of anilines is 1. The summed E-state index contributed by atoms with van der Waals surface area (Å²) in [6.07, 6.45) is 2.66. The fraction of sp³-hybridized carbons (Fsp3) is 0.381. The molecule has 1 aromatic carbocycles. The van der Waals surface area contributed by atoms with Gasteiger partial charge in [-0.2, -0.15) is 0 Å².